The van der Waals surface area contributed by atoms with Gasteiger partial charge in [-0.15, -0.1) is 12.4 Å². The van der Waals surface area contributed by atoms with Crippen LogP contribution < -0.4 is 10.6 Å². The topological polar surface area (TPSA) is 75.3 Å². The Hall–Kier alpha value is -0.330. The first-order valence-corrected chi connectivity index (χ1v) is 8.56. The third kappa shape index (κ3) is 8.44. The monoisotopic (exact) mass is 312 g/mol. The lowest BCUT2D eigenvalue weighted by atomic mass is 10.1. The Bertz CT molecular complexity index is 354. The number of halogens is 1. The van der Waals surface area contributed by atoms with Crippen molar-refractivity contribution in [2.45, 2.75) is 45.1 Å². The van der Waals surface area contributed by atoms with Crippen LogP contribution in [0.1, 0.15) is 39.0 Å². The predicted octanol–water partition coefficient (Wildman–Crippen LogP) is 0.881. The van der Waals surface area contributed by atoms with E-state index < -0.39 is 9.84 Å². The normalized spacial score (nSPS) is 16.7. The molecule has 0 radical (unpaired) electrons. The molecule has 2 N–H and O–H groups in total. The number of rotatable bonds is 7. The van der Waals surface area contributed by atoms with E-state index in [4.69, 9.17) is 0 Å². The van der Waals surface area contributed by atoms with E-state index in [0.29, 0.717) is 6.42 Å². The predicted molar refractivity (Wildman–Crippen MR) is 79.5 cm³/mol. The summed E-state index contributed by atoms with van der Waals surface area (Å²) in [5, 5.41) is 6.01. The van der Waals surface area contributed by atoms with Crippen molar-refractivity contribution in [3.8, 4) is 0 Å². The molecule has 1 saturated heterocycles. The number of amides is 1. The van der Waals surface area contributed by atoms with Gasteiger partial charge in [-0.3, -0.25) is 4.79 Å². The van der Waals surface area contributed by atoms with Gasteiger partial charge in [0.25, 0.3) is 0 Å². The molecule has 1 heterocycles. The minimum atomic E-state index is -3.23. The summed E-state index contributed by atoms with van der Waals surface area (Å²) in [6.07, 6.45) is 4.29. The second-order valence-corrected chi connectivity index (χ2v) is 7.07. The standard InChI is InChI=1S/C12H24N2O3S.ClH/c1-2-3-4-9-18(16,17)10-12(15)14-11-5-7-13-8-6-11;/h11,13H,2-10H2,1H3,(H,14,15);1H. The van der Waals surface area contributed by atoms with Crippen LogP contribution in [0.15, 0.2) is 0 Å². The summed E-state index contributed by atoms with van der Waals surface area (Å²) in [6, 6.07) is 0.129. The van der Waals surface area contributed by atoms with Crippen molar-refractivity contribution in [1.82, 2.24) is 10.6 Å². The minimum Gasteiger partial charge on any atom is -0.352 e. The molecule has 0 aromatic heterocycles. The van der Waals surface area contributed by atoms with Gasteiger partial charge in [0, 0.05) is 6.04 Å². The first kappa shape index (κ1) is 18.7. The number of sulfone groups is 1. The molecule has 1 aliphatic heterocycles. The maximum atomic E-state index is 11.7. The minimum absolute atomic E-state index is 0. The molecule has 0 saturated carbocycles. The van der Waals surface area contributed by atoms with Gasteiger partial charge in [0.1, 0.15) is 5.75 Å². The van der Waals surface area contributed by atoms with Gasteiger partial charge < -0.3 is 10.6 Å². The number of nitrogens with one attached hydrogen (secondary N) is 2. The molecule has 0 unspecified atom stereocenters. The number of hydrogen-bond acceptors (Lipinski definition) is 4. The van der Waals surface area contributed by atoms with Gasteiger partial charge in [0.2, 0.25) is 5.91 Å². The third-order valence-corrected chi connectivity index (χ3v) is 4.73. The molecule has 0 spiro atoms. The first-order valence-electron chi connectivity index (χ1n) is 6.74. The highest BCUT2D eigenvalue weighted by Gasteiger charge is 2.20. The second kappa shape index (κ2) is 9.55. The second-order valence-electron chi connectivity index (χ2n) is 4.89. The molecule has 1 fully saturated rings. The van der Waals surface area contributed by atoms with E-state index in [2.05, 4.69) is 10.6 Å². The van der Waals surface area contributed by atoms with Crippen molar-refractivity contribution in [2.24, 2.45) is 0 Å². The molecule has 7 heteroatoms. The van der Waals surface area contributed by atoms with Crippen LogP contribution in [-0.4, -0.2) is 45.0 Å². The van der Waals surface area contributed by atoms with Gasteiger partial charge in [0.05, 0.1) is 5.75 Å². The Morgan fingerprint density at radius 2 is 1.89 bits per heavy atom. The number of carbonyl (C=O) groups is 1. The fourth-order valence-electron chi connectivity index (χ4n) is 2.08. The highest BCUT2D eigenvalue weighted by molar-refractivity contribution is 7.92. The maximum Gasteiger partial charge on any atom is 0.235 e. The van der Waals surface area contributed by atoms with Gasteiger partial charge >= 0.3 is 0 Å². The summed E-state index contributed by atoms with van der Waals surface area (Å²) in [7, 11) is -3.23. The van der Waals surface area contributed by atoms with Crippen molar-refractivity contribution in [2.75, 3.05) is 24.6 Å². The van der Waals surface area contributed by atoms with Gasteiger partial charge in [-0.1, -0.05) is 19.8 Å². The fourth-order valence-corrected chi connectivity index (χ4v) is 3.35. The summed E-state index contributed by atoms with van der Waals surface area (Å²) in [4.78, 5) is 11.6. The molecule has 1 amide bonds. The van der Waals surface area contributed by atoms with Crippen LogP contribution in [-0.2, 0) is 14.6 Å². The number of carbonyl (C=O) groups excluding carboxylic acids is 1. The van der Waals surface area contributed by atoms with E-state index >= 15 is 0 Å². The Labute approximate surface area is 122 Å². The lowest BCUT2D eigenvalue weighted by Gasteiger charge is -2.23. The quantitative estimate of drug-likeness (QED) is 0.684. The molecular weight excluding hydrogens is 288 g/mol. The van der Waals surface area contributed by atoms with Crippen LogP contribution in [0, 0.1) is 0 Å². The van der Waals surface area contributed by atoms with E-state index in [-0.39, 0.29) is 35.9 Å². The van der Waals surface area contributed by atoms with Crippen molar-refractivity contribution in [3.63, 3.8) is 0 Å². The molecule has 19 heavy (non-hydrogen) atoms. The van der Waals surface area contributed by atoms with Gasteiger partial charge in [0.15, 0.2) is 9.84 Å². The average molecular weight is 313 g/mol. The Balaban J connectivity index is 0.00000324. The zero-order valence-electron chi connectivity index (χ0n) is 11.5. The lowest BCUT2D eigenvalue weighted by Crippen LogP contribution is -2.44. The van der Waals surface area contributed by atoms with Crippen LogP contribution in [0.5, 0.6) is 0 Å². The van der Waals surface area contributed by atoms with Crippen LogP contribution in [0.25, 0.3) is 0 Å². The van der Waals surface area contributed by atoms with Gasteiger partial charge in [-0.25, -0.2) is 8.42 Å². The third-order valence-electron chi connectivity index (χ3n) is 3.11. The van der Waals surface area contributed by atoms with E-state index in [1.165, 1.54) is 0 Å². The summed E-state index contributed by atoms with van der Waals surface area (Å²) >= 11 is 0. The zero-order chi connectivity index (χ0) is 13.4. The molecule has 0 aromatic carbocycles. The van der Waals surface area contributed by atoms with Crippen LogP contribution in [0.3, 0.4) is 0 Å². The Morgan fingerprint density at radius 3 is 2.47 bits per heavy atom. The zero-order valence-corrected chi connectivity index (χ0v) is 13.1. The van der Waals surface area contributed by atoms with E-state index in [1.807, 2.05) is 6.92 Å². The van der Waals surface area contributed by atoms with Crippen molar-refractivity contribution >= 4 is 28.2 Å². The number of piperidine rings is 1. The molecule has 0 atom stereocenters. The van der Waals surface area contributed by atoms with Crippen LogP contribution in [0.2, 0.25) is 0 Å². The molecule has 1 aliphatic rings. The summed E-state index contributed by atoms with van der Waals surface area (Å²) < 4.78 is 23.4. The summed E-state index contributed by atoms with van der Waals surface area (Å²) in [5.41, 5.74) is 0. The smallest absolute Gasteiger partial charge is 0.235 e. The van der Waals surface area contributed by atoms with Crippen molar-refractivity contribution in [1.29, 1.82) is 0 Å². The molecule has 0 aliphatic carbocycles. The van der Waals surface area contributed by atoms with E-state index in [9.17, 15) is 13.2 Å². The highest BCUT2D eigenvalue weighted by Crippen LogP contribution is 2.03. The van der Waals surface area contributed by atoms with Crippen LogP contribution in [0.4, 0.5) is 0 Å². The molecular formula is C12H25ClN2O3S. The number of unbranched alkanes of at least 4 members (excludes halogenated alkanes) is 2. The molecule has 0 aromatic rings. The fraction of sp³-hybridized carbons (Fsp3) is 0.917. The first-order chi connectivity index (χ1) is 8.53. The molecule has 5 nitrogen and oxygen atoms in total. The van der Waals surface area contributed by atoms with Crippen molar-refractivity contribution < 1.29 is 13.2 Å². The summed E-state index contributed by atoms with van der Waals surface area (Å²) in [6.45, 7) is 3.79. The van der Waals surface area contributed by atoms with Gasteiger partial charge in [-0.05, 0) is 32.4 Å². The molecule has 1 rings (SSSR count). The highest BCUT2D eigenvalue weighted by atomic mass is 35.5. The average Bonchev–Trinajstić information content (AvgIpc) is 2.29. The Kier molecular flexibility index (Phi) is 9.39. The van der Waals surface area contributed by atoms with Crippen LogP contribution >= 0.6 is 12.4 Å². The van der Waals surface area contributed by atoms with Crippen molar-refractivity contribution in [3.05, 3.63) is 0 Å². The SMILES string of the molecule is CCCCCS(=O)(=O)CC(=O)NC1CCNCC1.Cl. The Morgan fingerprint density at radius 1 is 1.26 bits per heavy atom. The summed E-state index contributed by atoms with van der Waals surface area (Å²) in [5.74, 6) is -0.584. The molecule has 0 bridgehead atoms. The van der Waals surface area contributed by atoms with Gasteiger partial charge in [-0.2, -0.15) is 0 Å². The van der Waals surface area contributed by atoms with E-state index in [0.717, 1.165) is 38.8 Å². The molecule has 114 valence electrons. The number of hydrogen-bond donors (Lipinski definition) is 2. The largest absolute Gasteiger partial charge is 0.352 e. The van der Waals surface area contributed by atoms with E-state index in [1.54, 1.807) is 0 Å². The lowest BCUT2D eigenvalue weighted by molar-refractivity contribution is -0.119. The maximum absolute atomic E-state index is 11.7.